The molecule has 0 spiro atoms. The Hall–Kier alpha value is -3.51. The first-order chi connectivity index (χ1) is 14.4. The molecule has 8 nitrogen and oxygen atoms in total. The van der Waals surface area contributed by atoms with E-state index < -0.39 is 16.8 Å². The molecule has 9 heteroatoms. The van der Waals surface area contributed by atoms with Crippen LogP contribution in [0.2, 0.25) is 0 Å². The highest BCUT2D eigenvalue weighted by atomic mass is 32.1. The van der Waals surface area contributed by atoms with Crippen LogP contribution in [-0.2, 0) is 22.4 Å². The van der Waals surface area contributed by atoms with E-state index >= 15 is 0 Å². The van der Waals surface area contributed by atoms with Crippen molar-refractivity contribution < 1.29 is 19.2 Å². The number of benzene rings is 1. The number of hydrogen-bond acceptors (Lipinski definition) is 7. The van der Waals surface area contributed by atoms with Crippen molar-refractivity contribution in [2.45, 2.75) is 32.6 Å². The molecule has 154 valence electrons. The highest BCUT2D eigenvalue weighted by Crippen LogP contribution is 2.38. The van der Waals surface area contributed by atoms with E-state index in [2.05, 4.69) is 5.32 Å². The van der Waals surface area contributed by atoms with Crippen molar-refractivity contribution in [1.29, 1.82) is 5.26 Å². The van der Waals surface area contributed by atoms with Crippen molar-refractivity contribution in [2.75, 3.05) is 11.9 Å². The summed E-state index contributed by atoms with van der Waals surface area (Å²) in [5, 5.41) is 23.3. The first-order valence-electron chi connectivity index (χ1n) is 9.43. The molecular formula is C21H19N3O5S. The number of nitro benzene ring substituents is 1. The summed E-state index contributed by atoms with van der Waals surface area (Å²) in [4.78, 5) is 36.5. The minimum absolute atomic E-state index is 0.0849. The van der Waals surface area contributed by atoms with Crippen LogP contribution in [-0.4, -0.2) is 23.4 Å². The number of hydrogen-bond donors (Lipinski definition) is 1. The quantitative estimate of drug-likeness (QED) is 0.243. The monoisotopic (exact) mass is 425 g/mol. The van der Waals surface area contributed by atoms with E-state index in [1.807, 2.05) is 6.07 Å². The lowest BCUT2D eigenvalue weighted by Crippen LogP contribution is -2.16. The molecule has 0 radical (unpaired) electrons. The number of aryl methyl sites for hydroxylation is 1. The number of nitrogens with zero attached hydrogens (tertiary/aromatic N) is 2. The molecule has 0 aliphatic heterocycles. The topological polar surface area (TPSA) is 122 Å². The Morgan fingerprint density at radius 1 is 1.30 bits per heavy atom. The third kappa shape index (κ3) is 4.55. The van der Waals surface area contributed by atoms with E-state index in [-0.39, 0.29) is 17.9 Å². The van der Waals surface area contributed by atoms with E-state index in [4.69, 9.17) is 4.74 Å². The summed E-state index contributed by atoms with van der Waals surface area (Å²) in [6.45, 7) is 1.94. The smallest absolute Gasteiger partial charge is 0.341 e. The molecule has 0 saturated heterocycles. The lowest BCUT2D eigenvalue weighted by atomic mass is 9.95. The molecule has 2 aromatic rings. The van der Waals surface area contributed by atoms with Gasteiger partial charge in [0.1, 0.15) is 16.6 Å². The summed E-state index contributed by atoms with van der Waals surface area (Å²) in [6.07, 6.45) is 4.92. The number of nitro groups is 1. The number of carbonyl (C=O) groups excluding carboxylic acids is 2. The van der Waals surface area contributed by atoms with Crippen LogP contribution in [0, 0.1) is 21.4 Å². The fourth-order valence-electron chi connectivity index (χ4n) is 3.25. The van der Waals surface area contributed by atoms with Gasteiger partial charge in [0, 0.05) is 17.0 Å². The number of fused-ring (bicyclic) bond motifs is 1. The molecule has 1 heterocycles. The van der Waals surface area contributed by atoms with Crippen LogP contribution in [0.4, 0.5) is 10.7 Å². The average Bonchev–Trinajstić information content (AvgIpc) is 3.10. The lowest BCUT2D eigenvalue weighted by molar-refractivity contribution is -0.384. The number of amides is 1. The number of anilines is 1. The van der Waals surface area contributed by atoms with Crippen molar-refractivity contribution in [3.05, 3.63) is 61.5 Å². The molecule has 1 N–H and O–H groups in total. The minimum Gasteiger partial charge on any atom is -0.462 e. The van der Waals surface area contributed by atoms with Gasteiger partial charge in [-0.2, -0.15) is 5.26 Å². The average molecular weight is 425 g/mol. The third-order valence-electron chi connectivity index (χ3n) is 4.66. The molecule has 1 amide bonds. The van der Waals surface area contributed by atoms with Crippen molar-refractivity contribution >= 4 is 40.0 Å². The molecule has 0 atom stereocenters. The van der Waals surface area contributed by atoms with Gasteiger partial charge in [-0.05, 0) is 61.9 Å². The number of ether oxygens (including phenoxy) is 1. The standard InChI is InChI=1S/C21H19N3O5S/c1-2-29-21(26)18-16-5-3-4-6-17(16)30-20(18)23-19(25)14(12-22)11-13-7-9-15(10-8-13)24(27)28/h7-11H,2-6H2,1H3,(H,23,25). The van der Waals surface area contributed by atoms with Gasteiger partial charge in [-0.15, -0.1) is 11.3 Å². The molecular weight excluding hydrogens is 406 g/mol. The number of nitrogens with one attached hydrogen (secondary N) is 1. The molecule has 30 heavy (non-hydrogen) atoms. The highest BCUT2D eigenvalue weighted by Gasteiger charge is 2.27. The zero-order valence-corrected chi connectivity index (χ0v) is 17.1. The number of rotatable bonds is 6. The number of non-ortho nitro benzene ring substituents is 1. The first-order valence-corrected chi connectivity index (χ1v) is 10.3. The molecule has 0 fully saturated rings. The van der Waals surface area contributed by atoms with E-state index in [0.29, 0.717) is 16.1 Å². The van der Waals surface area contributed by atoms with Crippen LogP contribution in [0.1, 0.15) is 46.1 Å². The summed E-state index contributed by atoms with van der Waals surface area (Å²) < 4.78 is 5.17. The van der Waals surface area contributed by atoms with E-state index in [0.717, 1.165) is 36.1 Å². The van der Waals surface area contributed by atoms with Crippen LogP contribution in [0.3, 0.4) is 0 Å². The fourth-order valence-corrected chi connectivity index (χ4v) is 4.52. The Labute approximate surface area is 176 Å². The Bertz CT molecular complexity index is 1060. The highest BCUT2D eigenvalue weighted by molar-refractivity contribution is 7.17. The third-order valence-corrected chi connectivity index (χ3v) is 5.87. The number of carbonyl (C=O) groups is 2. The molecule has 1 aromatic heterocycles. The maximum atomic E-state index is 12.7. The lowest BCUT2D eigenvalue weighted by Gasteiger charge is -2.12. The van der Waals surface area contributed by atoms with Gasteiger partial charge >= 0.3 is 5.97 Å². The summed E-state index contributed by atoms with van der Waals surface area (Å²) in [7, 11) is 0. The van der Waals surface area contributed by atoms with E-state index in [1.54, 1.807) is 6.92 Å². The van der Waals surface area contributed by atoms with Gasteiger partial charge in [0.15, 0.2) is 0 Å². The first kappa shape index (κ1) is 21.2. The largest absolute Gasteiger partial charge is 0.462 e. The Morgan fingerprint density at radius 3 is 2.63 bits per heavy atom. The molecule has 0 unspecified atom stereocenters. The zero-order chi connectivity index (χ0) is 21.7. The van der Waals surface area contributed by atoms with Crippen molar-refractivity contribution in [3.8, 4) is 6.07 Å². The Kier molecular flexibility index (Phi) is 6.59. The van der Waals surface area contributed by atoms with Gasteiger partial charge < -0.3 is 10.1 Å². The van der Waals surface area contributed by atoms with Crippen molar-refractivity contribution in [1.82, 2.24) is 0 Å². The number of thiophene rings is 1. The van der Waals surface area contributed by atoms with Gasteiger partial charge in [-0.25, -0.2) is 4.79 Å². The van der Waals surface area contributed by atoms with Gasteiger partial charge in [0.25, 0.3) is 11.6 Å². The van der Waals surface area contributed by atoms with Crippen molar-refractivity contribution in [3.63, 3.8) is 0 Å². The van der Waals surface area contributed by atoms with Crippen LogP contribution in [0.15, 0.2) is 29.8 Å². The summed E-state index contributed by atoms with van der Waals surface area (Å²) in [5.74, 6) is -1.13. The van der Waals surface area contributed by atoms with Crippen LogP contribution < -0.4 is 5.32 Å². The number of nitriles is 1. The van der Waals surface area contributed by atoms with Gasteiger partial charge in [-0.3, -0.25) is 14.9 Å². The predicted molar refractivity (Wildman–Crippen MR) is 112 cm³/mol. The minimum atomic E-state index is -0.653. The SMILES string of the molecule is CCOC(=O)c1c(NC(=O)C(C#N)=Cc2ccc([N+](=O)[O-])cc2)sc2c1CCCC2. The Balaban J connectivity index is 1.88. The van der Waals surface area contributed by atoms with Gasteiger partial charge in [0.2, 0.25) is 0 Å². The normalized spacial score (nSPS) is 13.1. The van der Waals surface area contributed by atoms with E-state index in [9.17, 15) is 25.0 Å². The maximum Gasteiger partial charge on any atom is 0.341 e. The molecule has 0 saturated carbocycles. The second-order valence-electron chi connectivity index (χ2n) is 6.61. The summed E-state index contributed by atoms with van der Waals surface area (Å²) in [6, 6.07) is 7.35. The zero-order valence-electron chi connectivity index (χ0n) is 16.3. The van der Waals surface area contributed by atoms with Gasteiger partial charge in [0.05, 0.1) is 17.1 Å². The molecule has 1 aromatic carbocycles. The maximum absolute atomic E-state index is 12.7. The fraction of sp³-hybridized carbons (Fsp3) is 0.286. The van der Waals surface area contributed by atoms with Crippen LogP contribution >= 0.6 is 11.3 Å². The van der Waals surface area contributed by atoms with Crippen LogP contribution in [0.25, 0.3) is 6.08 Å². The molecule has 3 rings (SSSR count). The number of esters is 1. The molecule has 0 bridgehead atoms. The second kappa shape index (κ2) is 9.33. The second-order valence-corrected chi connectivity index (χ2v) is 7.71. The predicted octanol–water partition coefficient (Wildman–Crippen LogP) is 4.26. The van der Waals surface area contributed by atoms with Crippen molar-refractivity contribution in [2.24, 2.45) is 0 Å². The van der Waals surface area contributed by atoms with E-state index in [1.165, 1.54) is 41.7 Å². The summed E-state index contributed by atoms with van der Waals surface area (Å²) >= 11 is 1.34. The van der Waals surface area contributed by atoms with Crippen LogP contribution in [0.5, 0.6) is 0 Å². The molecule has 1 aliphatic carbocycles. The molecule has 1 aliphatic rings. The summed E-state index contributed by atoms with van der Waals surface area (Å²) in [5.41, 5.74) is 1.50. The van der Waals surface area contributed by atoms with Gasteiger partial charge in [-0.1, -0.05) is 0 Å². The Morgan fingerprint density at radius 2 is 2.00 bits per heavy atom.